The summed E-state index contributed by atoms with van der Waals surface area (Å²) in [4.78, 5) is 8.75. The zero-order valence-corrected chi connectivity index (χ0v) is 26.0. The van der Waals surface area contributed by atoms with E-state index in [2.05, 4.69) is 150 Å². The molecule has 0 atom stereocenters. The standard InChI is InChI=1S/C43H26N2OS/c1-2-10-27(11-3-1)30-14-6-15-32(26-30)45(37-20-9-17-34-33-16-4-5-21-38(33)46-41(34)37)31-24-22-29(23-25-31)43-44-40-35-18-7-12-28-13-8-19-36(39(28)35)42(40)47-43/h1-26H. The van der Waals surface area contributed by atoms with Crippen LogP contribution in [0.5, 0.6) is 0 Å². The number of para-hydroxylation sites is 2. The van der Waals surface area contributed by atoms with Crippen LogP contribution in [0.25, 0.3) is 76.1 Å². The lowest BCUT2D eigenvalue weighted by atomic mass is 10.0. The van der Waals surface area contributed by atoms with Gasteiger partial charge in [0.25, 0.3) is 0 Å². The van der Waals surface area contributed by atoms with Crippen molar-refractivity contribution in [3.8, 4) is 43.4 Å². The molecule has 1 aliphatic rings. The van der Waals surface area contributed by atoms with Gasteiger partial charge in [-0.25, -0.2) is 4.98 Å². The van der Waals surface area contributed by atoms with Crippen molar-refractivity contribution in [3.05, 3.63) is 158 Å². The largest absolute Gasteiger partial charge is 0.454 e. The fraction of sp³-hybridized carbons (Fsp3) is 0. The van der Waals surface area contributed by atoms with Crippen molar-refractivity contribution in [2.75, 3.05) is 4.90 Å². The fourth-order valence-corrected chi connectivity index (χ4v) is 8.20. The maximum absolute atomic E-state index is 6.55. The summed E-state index contributed by atoms with van der Waals surface area (Å²) in [7, 11) is 0. The van der Waals surface area contributed by atoms with Gasteiger partial charge in [0.15, 0.2) is 5.58 Å². The minimum atomic E-state index is 0.868. The molecule has 0 saturated heterocycles. The summed E-state index contributed by atoms with van der Waals surface area (Å²) >= 11 is 1.78. The third kappa shape index (κ3) is 4.09. The molecule has 0 amide bonds. The average molecular weight is 619 g/mol. The third-order valence-corrected chi connectivity index (χ3v) is 10.4. The van der Waals surface area contributed by atoms with E-state index < -0.39 is 0 Å². The van der Waals surface area contributed by atoms with Crippen LogP contribution in [0.1, 0.15) is 0 Å². The second kappa shape index (κ2) is 10.3. The van der Waals surface area contributed by atoms with E-state index in [9.17, 15) is 0 Å². The first kappa shape index (κ1) is 26.3. The molecule has 220 valence electrons. The van der Waals surface area contributed by atoms with Gasteiger partial charge < -0.3 is 9.32 Å². The summed E-state index contributed by atoms with van der Waals surface area (Å²) in [5.41, 5.74) is 11.9. The summed E-state index contributed by atoms with van der Waals surface area (Å²) in [6, 6.07) is 55.8. The Labute approximate surface area is 275 Å². The number of rotatable bonds is 5. The van der Waals surface area contributed by atoms with E-state index in [1.54, 1.807) is 11.3 Å². The Morgan fingerprint density at radius 1 is 0.532 bits per heavy atom. The number of anilines is 3. The Kier molecular flexibility index (Phi) is 5.74. The molecule has 10 rings (SSSR count). The van der Waals surface area contributed by atoms with Gasteiger partial charge in [-0.2, -0.15) is 0 Å². The minimum absolute atomic E-state index is 0.868. The molecule has 2 aromatic heterocycles. The molecule has 2 heterocycles. The highest BCUT2D eigenvalue weighted by molar-refractivity contribution is 7.19. The normalized spacial score (nSPS) is 11.8. The molecule has 0 unspecified atom stereocenters. The van der Waals surface area contributed by atoms with E-state index in [4.69, 9.17) is 9.40 Å². The Morgan fingerprint density at radius 3 is 2.13 bits per heavy atom. The summed E-state index contributed by atoms with van der Waals surface area (Å²) in [5.74, 6) is 0. The zero-order chi connectivity index (χ0) is 30.9. The van der Waals surface area contributed by atoms with Gasteiger partial charge >= 0.3 is 0 Å². The van der Waals surface area contributed by atoms with Crippen molar-refractivity contribution in [1.29, 1.82) is 0 Å². The predicted octanol–water partition coefficient (Wildman–Crippen LogP) is 12.6. The van der Waals surface area contributed by atoms with E-state index in [1.165, 1.54) is 32.3 Å². The van der Waals surface area contributed by atoms with Crippen LogP contribution in [0.4, 0.5) is 17.1 Å². The van der Waals surface area contributed by atoms with E-state index in [0.29, 0.717) is 0 Å². The van der Waals surface area contributed by atoms with Crippen LogP contribution < -0.4 is 4.90 Å². The van der Waals surface area contributed by atoms with Crippen LogP contribution >= 0.6 is 11.3 Å². The molecule has 1 aliphatic carbocycles. The molecule has 4 heteroatoms. The maximum atomic E-state index is 6.55. The van der Waals surface area contributed by atoms with E-state index >= 15 is 0 Å². The number of benzene rings is 7. The van der Waals surface area contributed by atoms with Crippen LogP contribution in [0.15, 0.2) is 162 Å². The van der Waals surface area contributed by atoms with Crippen molar-refractivity contribution in [3.63, 3.8) is 0 Å². The molecule has 0 N–H and O–H groups in total. The second-order valence-corrected chi connectivity index (χ2v) is 13.0. The molecule has 0 radical (unpaired) electrons. The maximum Gasteiger partial charge on any atom is 0.159 e. The van der Waals surface area contributed by atoms with Gasteiger partial charge in [-0.1, -0.05) is 109 Å². The summed E-state index contributed by atoms with van der Waals surface area (Å²) in [5, 5.41) is 5.84. The Bertz CT molecular complexity index is 2580. The van der Waals surface area contributed by atoms with Crippen LogP contribution in [0, 0.1) is 0 Å². The first-order chi connectivity index (χ1) is 23.3. The second-order valence-electron chi connectivity index (χ2n) is 12.0. The van der Waals surface area contributed by atoms with Crippen LogP contribution in [0.2, 0.25) is 0 Å². The molecule has 0 aliphatic heterocycles. The van der Waals surface area contributed by atoms with Gasteiger partial charge in [-0.05, 0) is 70.4 Å². The van der Waals surface area contributed by atoms with Crippen molar-refractivity contribution in [2.24, 2.45) is 0 Å². The number of hydrogen-bond acceptors (Lipinski definition) is 4. The number of nitrogens with zero attached hydrogens (tertiary/aromatic N) is 2. The molecular weight excluding hydrogens is 593 g/mol. The molecule has 9 aromatic rings. The molecule has 3 nitrogen and oxygen atoms in total. The summed E-state index contributed by atoms with van der Waals surface area (Å²) < 4.78 is 6.55. The van der Waals surface area contributed by atoms with Crippen molar-refractivity contribution >= 4 is 61.1 Å². The molecule has 47 heavy (non-hydrogen) atoms. The predicted molar refractivity (Wildman–Crippen MR) is 197 cm³/mol. The third-order valence-electron chi connectivity index (χ3n) is 9.24. The lowest BCUT2D eigenvalue weighted by molar-refractivity contribution is 0.669. The zero-order valence-electron chi connectivity index (χ0n) is 25.2. The first-order valence-electron chi connectivity index (χ1n) is 15.8. The minimum Gasteiger partial charge on any atom is -0.454 e. The quantitative estimate of drug-likeness (QED) is 0.192. The number of furan rings is 1. The molecule has 0 fully saturated rings. The fourth-order valence-electron chi connectivity index (χ4n) is 7.08. The first-order valence-corrected chi connectivity index (χ1v) is 16.6. The van der Waals surface area contributed by atoms with E-state index in [0.717, 1.165) is 60.8 Å². The van der Waals surface area contributed by atoms with Gasteiger partial charge in [0, 0.05) is 38.8 Å². The lowest BCUT2D eigenvalue weighted by Gasteiger charge is -2.26. The van der Waals surface area contributed by atoms with Gasteiger partial charge in [0.2, 0.25) is 0 Å². The molecule has 0 spiro atoms. The number of fused-ring (bicyclic) bond motifs is 6. The van der Waals surface area contributed by atoms with Gasteiger partial charge in [-0.15, -0.1) is 11.3 Å². The smallest absolute Gasteiger partial charge is 0.159 e. The summed E-state index contributed by atoms with van der Waals surface area (Å²) in [6.45, 7) is 0. The summed E-state index contributed by atoms with van der Waals surface area (Å²) in [6.07, 6.45) is 0. The van der Waals surface area contributed by atoms with Crippen LogP contribution in [-0.4, -0.2) is 4.98 Å². The highest BCUT2D eigenvalue weighted by Crippen LogP contribution is 2.51. The number of hydrogen-bond donors (Lipinski definition) is 0. The average Bonchev–Trinajstić information content (AvgIpc) is 3.83. The highest BCUT2D eigenvalue weighted by atomic mass is 32.1. The molecule has 0 saturated carbocycles. The molecule has 0 bridgehead atoms. The number of thiazole rings is 1. The van der Waals surface area contributed by atoms with Gasteiger partial charge in [0.05, 0.1) is 16.3 Å². The number of aromatic nitrogens is 1. The van der Waals surface area contributed by atoms with Gasteiger partial charge in [-0.3, -0.25) is 0 Å². The molecule has 7 aromatic carbocycles. The monoisotopic (exact) mass is 618 g/mol. The topological polar surface area (TPSA) is 29.3 Å². The van der Waals surface area contributed by atoms with Crippen LogP contribution in [-0.2, 0) is 0 Å². The highest BCUT2D eigenvalue weighted by Gasteiger charge is 2.26. The van der Waals surface area contributed by atoms with Crippen LogP contribution in [0.3, 0.4) is 0 Å². The Hall–Kier alpha value is -5.97. The van der Waals surface area contributed by atoms with Crippen molar-refractivity contribution < 1.29 is 4.42 Å². The van der Waals surface area contributed by atoms with Crippen molar-refractivity contribution in [1.82, 2.24) is 4.98 Å². The SMILES string of the molecule is c1ccc(-c2cccc(N(c3ccc(-c4nc5c(s4)-c4cccc6cccc-5c46)cc3)c3cccc4c3oc3ccccc34)c2)cc1. The Balaban J connectivity index is 1.11. The van der Waals surface area contributed by atoms with Gasteiger partial charge in [0.1, 0.15) is 10.6 Å². The van der Waals surface area contributed by atoms with E-state index in [-0.39, 0.29) is 0 Å². The van der Waals surface area contributed by atoms with Crippen molar-refractivity contribution in [2.45, 2.75) is 0 Å². The molecular formula is C43H26N2OS. The lowest BCUT2D eigenvalue weighted by Crippen LogP contribution is -2.10. The Morgan fingerprint density at radius 2 is 1.26 bits per heavy atom. The van der Waals surface area contributed by atoms with E-state index in [1.807, 2.05) is 12.1 Å².